The summed E-state index contributed by atoms with van der Waals surface area (Å²) in [6.45, 7) is 0. The maximum Gasteiger partial charge on any atom is 0.257 e. The zero-order valence-corrected chi connectivity index (χ0v) is 9.56. The molecule has 0 heterocycles. The van der Waals surface area contributed by atoms with Crippen molar-refractivity contribution in [3.63, 3.8) is 0 Å². The number of methoxy groups -OCH3 is 1. The highest BCUT2D eigenvalue weighted by molar-refractivity contribution is 5.97. The molecule has 1 aromatic carbocycles. The van der Waals surface area contributed by atoms with Gasteiger partial charge in [0.2, 0.25) is 0 Å². The number of ether oxygens (including phenoxy) is 1. The lowest BCUT2D eigenvalue weighted by Gasteiger charge is -2.18. The molecule has 0 saturated heterocycles. The van der Waals surface area contributed by atoms with Gasteiger partial charge in [-0.1, -0.05) is 0 Å². The summed E-state index contributed by atoms with van der Waals surface area (Å²) in [6, 6.07) is 5.51. The molecule has 4 nitrogen and oxygen atoms in total. The van der Waals surface area contributed by atoms with Gasteiger partial charge >= 0.3 is 0 Å². The molecular weight excluding hydrogens is 204 g/mol. The summed E-state index contributed by atoms with van der Waals surface area (Å²) in [5.41, 5.74) is 6.82. The van der Waals surface area contributed by atoms with E-state index < -0.39 is 0 Å². The van der Waals surface area contributed by atoms with Crippen molar-refractivity contribution in [1.82, 2.24) is 4.90 Å². The standard InChI is InChI=1S/C12H16N2O2/c1-14(9-4-5-9)12(15)10-6-3-8(13)7-11(10)16-2/h3,6-7,9H,4-5,13H2,1-2H3. The Labute approximate surface area is 95.0 Å². The fraction of sp³-hybridized carbons (Fsp3) is 0.417. The third kappa shape index (κ3) is 1.96. The topological polar surface area (TPSA) is 55.6 Å². The quantitative estimate of drug-likeness (QED) is 0.785. The van der Waals surface area contributed by atoms with E-state index in [-0.39, 0.29) is 5.91 Å². The van der Waals surface area contributed by atoms with E-state index in [0.717, 1.165) is 12.8 Å². The number of carbonyl (C=O) groups excluding carboxylic acids is 1. The predicted octanol–water partition coefficient (Wildman–Crippen LogP) is 1.51. The van der Waals surface area contributed by atoms with Gasteiger partial charge in [-0.2, -0.15) is 0 Å². The van der Waals surface area contributed by atoms with Crippen molar-refractivity contribution in [2.24, 2.45) is 0 Å². The van der Waals surface area contributed by atoms with E-state index in [2.05, 4.69) is 0 Å². The molecule has 0 unspecified atom stereocenters. The van der Waals surface area contributed by atoms with Crippen LogP contribution in [0.5, 0.6) is 5.75 Å². The van der Waals surface area contributed by atoms with E-state index in [9.17, 15) is 4.79 Å². The van der Waals surface area contributed by atoms with Crippen LogP contribution in [0.4, 0.5) is 5.69 Å². The second kappa shape index (κ2) is 4.04. The van der Waals surface area contributed by atoms with Gasteiger partial charge in [-0.25, -0.2) is 0 Å². The van der Waals surface area contributed by atoms with E-state index >= 15 is 0 Å². The number of rotatable bonds is 3. The summed E-state index contributed by atoms with van der Waals surface area (Å²) in [5.74, 6) is 0.539. The molecule has 1 aromatic rings. The normalized spacial score (nSPS) is 14.6. The first-order valence-corrected chi connectivity index (χ1v) is 5.34. The van der Waals surface area contributed by atoms with Crippen molar-refractivity contribution in [2.45, 2.75) is 18.9 Å². The van der Waals surface area contributed by atoms with Gasteiger partial charge in [0.25, 0.3) is 5.91 Å². The van der Waals surface area contributed by atoms with Crippen LogP contribution < -0.4 is 10.5 Å². The summed E-state index contributed by atoms with van der Waals surface area (Å²) in [5, 5.41) is 0. The van der Waals surface area contributed by atoms with Crippen LogP contribution >= 0.6 is 0 Å². The van der Waals surface area contributed by atoms with Gasteiger partial charge in [0, 0.05) is 24.8 Å². The van der Waals surface area contributed by atoms with Gasteiger partial charge in [0.1, 0.15) is 5.75 Å². The molecule has 86 valence electrons. The zero-order chi connectivity index (χ0) is 11.7. The molecule has 16 heavy (non-hydrogen) atoms. The Bertz CT molecular complexity index is 413. The number of hydrogen-bond acceptors (Lipinski definition) is 3. The second-order valence-electron chi connectivity index (χ2n) is 4.11. The van der Waals surface area contributed by atoms with Gasteiger partial charge in [-0.3, -0.25) is 4.79 Å². The molecule has 1 amide bonds. The predicted molar refractivity (Wildman–Crippen MR) is 62.5 cm³/mol. The third-order valence-electron chi connectivity index (χ3n) is 2.87. The monoisotopic (exact) mass is 220 g/mol. The first-order chi connectivity index (χ1) is 7.63. The van der Waals surface area contributed by atoms with Crippen molar-refractivity contribution in [3.05, 3.63) is 23.8 Å². The Kier molecular flexibility index (Phi) is 2.73. The van der Waals surface area contributed by atoms with E-state index in [1.54, 1.807) is 30.2 Å². The van der Waals surface area contributed by atoms with Crippen molar-refractivity contribution >= 4 is 11.6 Å². The molecule has 0 aromatic heterocycles. The van der Waals surface area contributed by atoms with Crippen LogP contribution in [0.15, 0.2) is 18.2 Å². The van der Waals surface area contributed by atoms with Crippen LogP contribution in [0.25, 0.3) is 0 Å². The highest BCUT2D eigenvalue weighted by Gasteiger charge is 2.31. The average molecular weight is 220 g/mol. The average Bonchev–Trinajstić information content (AvgIpc) is 3.10. The molecule has 2 rings (SSSR count). The maximum absolute atomic E-state index is 12.1. The first kappa shape index (κ1) is 10.8. The highest BCUT2D eigenvalue weighted by atomic mass is 16.5. The SMILES string of the molecule is COc1cc(N)ccc1C(=O)N(C)C1CC1. The van der Waals surface area contributed by atoms with Crippen molar-refractivity contribution in [1.29, 1.82) is 0 Å². The van der Waals surface area contributed by atoms with Gasteiger partial charge < -0.3 is 15.4 Å². The number of nitrogens with two attached hydrogens (primary N) is 1. The molecule has 0 aliphatic heterocycles. The number of nitrogens with zero attached hydrogens (tertiary/aromatic N) is 1. The smallest absolute Gasteiger partial charge is 0.257 e. The minimum atomic E-state index is -0.000602. The molecule has 0 atom stereocenters. The van der Waals surface area contributed by atoms with Crippen LogP contribution in [0, 0.1) is 0 Å². The summed E-state index contributed by atoms with van der Waals surface area (Å²) in [4.78, 5) is 13.9. The largest absolute Gasteiger partial charge is 0.496 e. The van der Waals surface area contributed by atoms with Crippen LogP contribution in [-0.2, 0) is 0 Å². The lowest BCUT2D eigenvalue weighted by atomic mass is 10.1. The molecule has 1 aliphatic rings. The van der Waals surface area contributed by atoms with Gasteiger partial charge in [0.15, 0.2) is 0 Å². The Balaban J connectivity index is 2.27. The number of benzene rings is 1. The minimum Gasteiger partial charge on any atom is -0.496 e. The summed E-state index contributed by atoms with van der Waals surface area (Å²) in [6.07, 6.45) is 2.19. The Morgan fingerprint density at radius 2 is 2.19 bits per heavy atom. The molecule has 1 aliphatic carbocycles. The van der Waals surface area contributed by atoms with E-state index in [4.69, 9.17) is 10.5 Å². The lowest BCUT2D eigenvalue weighted by molar-refractivity contribution is 0.0782. The fourth-order valence-corrected chi connectivity index (χ4v) is 1.70. The van der Waals surface area contributed by atoms with Crippen molar-refractivity contribution < 1.29 is 9.53 Å². The minimum absolute atomic E-state index is 0.000602. The van der Waals surface area contributed by atoms with Crippen LogP contribution in [0.2, 0.25) is 0 Å². The maximum atomic E-state index is 12.1. The Morgan fingerprint density at radius 1 is 1.50 bits per heavy atom. The Hall–Kier alpha value is -1.71. The molecule has 1 saturated carbocycles. The molecular formula is C12H16N2O2. The molecule has 4 heteroatoms. The van der Waals surface area contributed by atoms with Gasteiger partial charge in [-0.05, 0) is 25.0 Å². The number of amides is 1. The molecule has 0 spiro atoms. The van der Waals surface area contributed by atoms with Crippen LogP contribution in [0.3, 0.4) is 0 Å². The number of hydrogen-bond donors (Lipinski definition) is 1. The van der Waals surface area contributed by atoms with Crippen LogP contribution in [0.1, 0.15) is 23.2 Å². The fourth-order valence-electron chi connectivity index (χ4n) is 1.70. The summed E-state index contributed by atoms with van der Waals surface area (Å²) >= 11 is 0. The Morgan fingerprint density at radius 3 is 2.75 bits per heavy atom. The third-order valence-corrected chi connectivity index (χ3v) is 2.87. The molecule has 2 N–H and O–H groups in total. The number of carbonyl (C=O) groups is 1. The lowest BCUT2D eigenvalue weighted by Crippen LogP contribution is -2.29. The van der Waals surface area contributed by atoms with Gasteiger partial charge in [-0.15, -0.1) is 0 Å². The van der Waals surface area contributed by atoms with Gasteiger partial charge in [0.05, 0.1) is 12.7 Å². The number of anilines is 1. The zero-order valence-electron chi connectivity index (χ0n) is 9.56. The summed E-state index contributed by atoms with van der Waals surface area (Å²) < 4.78 is 5.17. The van der Waals surface area contributed by atoms with Crippen molar-refractivity contribution in [3.8, 4) is 5.75 Å². The molecule has 1 fully saturated rings. The van der Waals surface area contributed by atoms with E-state index in [1.807, 2.05) is 7.05 Å². The van der Waals surface area contributed by atoms with E-state index in [1.165, 1.54) is 0 Å². The highest BCUT2D eigenvalue weighted by Crippen LogP contribution is 2.29. The van der Waals surface area contributed by atoms with Crippen LogP contribution in [-0.4, -0.2) is 31.0 Å². The van der Waals surface area contributed by atoms with E-state index in [0.29, 0.717) is 23.0 Å². The molecule has 0 bridgehead atoms. The van der Waals surface area contributed by atoms with Crippen molar-refractivity contribution in [2.75, 3.05) is 19.9 Å². The number of nitrogen functional groups attached to an aromatic ring is 1. The second-order valence-corrected chi connectivity index (χ2v) is 4.11. The molecule has 0 radical (unpaired) electrons. The first-order valence-electron chi connectivity index (χ1n) is 5.34. The summed E-state index contributed by atoms with van der Waals surface area (Å²) in [7, 11) is 3.37.